The van der Waals surface area contributed by atoms with Crippen molar-refractivity contribution in [3.8, 4) is 0 Å². The van der Waals surface area contributed by atoms with Gasteiger partial charge in [0, 0.05) is 6.42 Å². The fraction of sp³-hybridized carbons (Fsp3) is 0.643. The Morgan fingerprint density at radius 1 is 1.44 bits per heavy atom. The fourth-order valence-corrected chi connectivity index (χ4v) is 3.07. The van der Waals surface area contributed by atoms with Gasteiger partial charge >= 0.3 is 11.9 Å². The predicted molar refractivity (Wildman–Crippen MR) is 84.5 cm³/mol. The first kappa shape index (κ1) is 19.5. The van der Waals surface area contributed by atoms with Crippen LogP contribution in [-0.4, -0.2) is 65.0 Å². The minimum Gasteiger partial charge on any atom is -0.392 e. The molecular formula is C14H18F3N5O5. The highest BCUT2D eigenvalue weighted by molar-refractivity contribution is 5.72. The van der Waals surface area contributed by atoms with Gasteiger partial charge in [-0.25, -0.2) is 14.3 Å². The van der Waals surface area contributed by atoms with Crippen molar-refractivity contribution >= 4 is 17.1 Å². The number of nitrogen functional groups attached to an aromatic ring is 1. The van der Waals surface area contributed by atoms with E-state index in [0.29, 0.717) is 0 Å². The Hall–Kier alpha value is -2.22. The van der Waals surface area contributed by atoms with E-state index in [1.54, 1.807) is 0 Å². The van der Waals surface area contributed by atoms with Gasteiger partial charge in [-0.2, -0.15) is 18.2 Å². The number of fused-ring (bicyclic) bond motifs is 1. The maximum atomic E-state index is 12.8. The van der Waals surface area contributed by atoms with Crippen LogP contribution in [0.4, 0.5) is 19.1 Å². The number of alkyl halides is 3. The van der Waals surface area contributed by atoms with E-state index in [1.807, 2.05) is 0 Å². The third kappa shape index (κ3) is 3.50. The number of anilines is 1. The van der Waals surface area contributed by atoms with Crippen LogP contribution in [-0.2, 0) is 11.3 Å². The van der Waals surface area contributed by atoms with Gasteiger partial charge in [-0.1, -0.05) is 0 Å². The number of ether oxygens (including phenoxy) is 1. The van der Waals surface area contributed by atoms with Gasteiger partial charge in [0.1, 0.15) is 11.6 Å². The number of hydrogen-bond acceptors (Lipinski definition) is 8. The van der Waals surface area contributed by atoms with Crippen molar-refractivity contribution < 1.29 is 33.2 Å². The summed E-state index contributed by atoms with van der Waals surface area (Å²) < 4.78 is 45.3. The van der Waals surface area contributed by atoms with Crippen LogP contribution in [0.5, 0.6) is 0 Å². The molecule has 0 aromatic carbocycles. The monoisotopic (exact) mass is 393 g/mol. The Bertz CT molecular complexity index is 896. The van der Waals surface area contributed by atoms with E-state index in [1.165, 1.54) is 13.1 Å². The van der Waals surface area contributed by atoms with Gasteiger partial charge in [0.15, 0.2) is 18.0 Å². The van der Waals surface area contributed by atoms with E-state index < -0.39 is 48.9 Å². The first-order valence-electron chi connectivity index (χ1n) is 8.00. The van der Waals surface area contributed by atoms with Gasteiger partial charge in [0.2, 0.25) is 5.95 Å². The van der Waals surface area contributed by atoms with Gasteiger partial charge in [0.25, 0.3) is 0 Å². The smallest absolute Gasteiger partial charge is 0.392 e. The summed E-state index contributed by atoms with van der Waals surface area (Å²) in [7, 11) is 0. The molecule has 0 bridgehead atoms. The van der Waals surface area contributed by atoms with Gasteiger partial charge in [0.05, 0.1) is 24.9 Å². The average Bonchev–Trinajstić information content (AvgIpc) is 3.04. The molecule has 1 aliphatic rings. The summed E-state index contributed by atoms with van der Waals surface area (Å²) in [6.45, 7) is 1.29. The first-order valence-corrected chi connectivity index (χ1v) is 8.00. The highest BCUT2D eigenvalue weighted by atomic mass is 19.4. The molecule has 150 valence electrons. The molecule has 10 nitrogen and oxygen atoms in total. The number of hydrogen-bond donors (Lipinski definition) is 4. The largest absolute Gasteiger partial charge is 0.416 e. The molecule has 13 heteroatoms. The summed E-state index contributed by atoms with van der Waals surface area (Å²) in [5.41, 5.74) is 4.84. The zero-order chi connectivity index (χ0) is 20.1. The fourth-order valence-electron chi connectivity index (χ4n) is 3.07. The molecule has 2 aromatic rings. The standard InChI is InChI=1S/C14H18F3N5O5/c1-5(23)4-21-6-3-19-12(18)20-10(6)22(13(21)26)11-7(24)2-8(27-11)9(25)14(15,16)17/h3,5,7-9,11,23-25H,2,4H2,1H3,(H2,18,19,20)/t5?,7-,8+,9-,11-/m1/s1. The summed E-state index contributed by atoms with van der Waals surface area (Å²) in [6.07, 6.45) is -12.8. The average molecular weight is 393 g/mol. The summed E-state index contributed by atoms with van der Waals surface area (Å²) in [6, 6.07) is 0. The third-order valence-corrected chi connectivity index (χ3v) is 4.23. The topological polar surface area (TPSA) is 149 Å². The Morgan fingerprint density at radius 3 is 2.70 bits per heavy atom. The molecule has 1 aliphatic heterocycles. The van der Waals surface area contributed by atoms with Crippen molar-refractivity contribution in [2.24, 2.45) is 0 Å². The predicted octanol–water partition coefficient (Wildman–Crippen LogP) is -0.872. The van der Waals surface area contributed by atoms with Crippen molar-refractivity contribution in [2.45, 2.75) is 56.7 Å². The lowest BCUT2D eigenvalue weighted by molar-refractivity contribution is -0.237. The molecule has 27 heavy (non-hydrogen) atoms. The van der Waals surface area contributed by atoms with Gasteiger partial charge in [-0.15, -0.1) is 0 Å². The molecule has 2 aromatic heterocycles. The number of nitrogens with zero attached hydrogens (tertiary/aromatic N) is 4. The highest BCUT2D eigenvalue weighted by Gasteiger charge is 2.50. The van der Waals surface area contributed by atoms with Crippen molar-refractivity contribution in [3.63, 3.8) is 0 Å². The molecular weight excluding hydrogens is 375 g/mol. The van der Waals surface area contributed by atoms with Crippen LogP contribution in [0.1, 0.15) is 19.6 Å². The summed E-state index contributed by atoms with van der Waals surface area (Å²) in [5.74, 6) is -0.204. The van der Waals surface area contributed by atoms with E-state index in [4.69, 9.17) is 10.5 Å². The number of nitrogens with two attached hydrogens (primary N) is 1. The number of aromatic nitrogens is 4. The molecule has 3 rings (SSSR count). The molecule has 0 aliphatic carbocycles. The molecule has 5 N–H and O–H groups in total. The van der Waals surface area contributed by atoms with Crippen molar-refractivity contribution in [1.29, 1.82) is 0 Å². The van der Waals surface area contributed by atoms with Gasteiger partial charge in [-0.05, 0) is 6.92 Å². The van der Waals surface area contributed by atoms with Gasteiger partial charge < -0.3 is 25.8 Å². The summed E-state index contributed by atoms with van der Waals surface area (Å²) in [5, 5.41) is 29.2. The van der Waals surface area contributed by atoms with E-state index in [-0.39, 0.29) is 23.7 Å². The van der Waals surface area contributed by atoms with E-state index >= 15 is 0 Å². The summed E-state index contributed by atoms with van der Waals surface area (Å²) in [4.78, 5) is 20.5. The highest BCUT2D eigenvalue weighted by Crippen LogP contribution is 2.36. The van der Waals surface area contributed by atoms with E-state index in [2.05, 4.69) is 9.97 Å². The Balaban J connectivity index is 2.07. The van der Waals surface area contributed by atoms with Crippen LogP contribution < -0.4 is 11.4 Å². The van der Waals surface area contributed by atoms with Crippen LogP contribution in [0, 0.1) is 0 Å². The summed E-state index contributed by atoms with van der Waals surface area (Å²) >= 11 is 0. The number of imidazole rings is 1. The lowest BCUT2D eigenvalue weighted by Crippen LogP contribution is -2.40. The quantitative estimate of drug-likeness (QED) is 0.524. The maximum Gasteiger partial charge on any atom is 0.416 e. The zero-order valence-electron chi connectivity index (χ0n) is 14.0. The first-order chi connectivity index (χ1) is 12.5. The lowest BCUT2D eigenvalue weighted by Gasteiger charge is -2.21. The lowest BCUT2D eigenvalue weighted by atomic mass is 10.1. The van der Waals surface area contributed by atoms with Crippen LogP contribution >= 0.6 is 0 Å². The third-order valence-electron chi connectivity index (χ3n) is 4.23. The van der Waals surface area contributed by atoms with Crippen LogP contribution in [0.15, 0.2) is 11.0 Å². The maximum absolute atomic E-state index is 12.8. The minimum absolute atomic E-state index is 0.0700. The second kappa shape index (κ2) is 6.74. The van der Waals surface area contributed by atoms with Crippen molar-refractivity contribution in [3.05, 3.63) is 16.7 Å². The molecule has 1 saturated heterocycles. The number of rotatable bonds is 4. The van der Waals surface area contributed by atoms with Crippen LogP contribution in [0.3, 0.4) is 0 Å². The normalized spacial score (nSPS) is 25.8. The van der Waals surface area contributed by atoms with E-state index in [9.17, 15) is 33.3 Å². The Morgan fingerprint density at radius 2 is 2.11 bits per heavy atom. The second-order valence-corrected chi connectivity index (χ2v) is 6.40. The molecule has 1 unspecified atom stereocenters. The number of aliphatic hydroxyl groups is 3. The van der Waals surface area contributed by atoms with Gasteiger partial charge in [-0.3, -0.25) is 4.57 Å². The minimum atomic E-state index is -4.95. The zero-order valence-corrected chi connectivity index (χ0v) is 14.0. The molecule has 0 radical (unpaired) electrons. The number of halogens is 3. The van der Waals surface area contributed by atoms with Crippen molar-refractivity contribution in [2.75, 3.05) is 5.73 Å². The van der Waals surface area contributed by atoms with Crippen LogP contribution in [0.25, 0.3) is 11.2 Å². The van der Waals surface area contributed by atoms with E-state index in [0.717, 1.165) is 9.13 Å². The molecule has 1 fully saturated rings. The van der Waals surface area contributed by atoms with Crippen LogP contribution in [0.2, 0.25) is 0 Å². The molecule has 0 saturated carbocycles. The molecule has 3 heterocycles. The SMILES string of the molecule is CC(O)Cn1c(=O)n([C@@H]2O[C@H]([C@@H](O)C(F)(F)F)C[C@H]2O)c2nc(N)ncc21. The second-order valence-electron chi connectivity index (χ2n) is 6.40. The van der Waals surface area contributed by atoms with Crippen molar-refractivity contribution in [1.82, 2.24) is 19.1 Å². The number of aliphatic hydroxyl groups excluding tert-OH is 3. The Labute approximate surface area is 149 Å². The molecule has 0 amide bonds. The Kier molecular flexibility index (Phi) is 4.88. The molecule has 0 spiro atoms. The molecule has 5 atom stereocenters.